The summed E-state index contributed by atoms with van der Waals surface area (Å²) in [7, 11) is 0. The van der Waals surface area contributed by atoms with E-state index in [2.05, 4.69) is 4.57 Å². The number of carbonyl (C=O) groups is 1. The van der Waals surface area contributed by atoms with Gasteiger partial charge >= 0.3 is 12.1 Å². The lowest BCUT2D eigenvalue weighted by Crippen LogP contribution is -2.15. The second kappa shape index (κ2) is 12.4. The number of carbonyl (C=O) groups excluding carboxylic acids is 1. The molecular weight excluding hydrogens is 543 g/mol. The van der Waals surface area contributed by atoms with E-state index < -0.39 is 17.7 Å². The second-order valence-corrected chi connectivity index (χ2v) is 9.79. The first kappa shape index (κ1) is 28.8. The number of rotatable bonds is 10. The highest BCUT2D eigenvalue weighted by Gasteiger charge is 2.30. The number of fused-ring (bicyclic) bond motifs is 1. The van der Waals surface area contributed by atoms with Crippen molar-refractivity contribution >= 4 is 16.9 Å². The van der Waals surface area contributed by atoms with Crippen molar-refractivity contribution in [3.8, 4) is 22.8 Å². The molecule has 0 fully saturated rings. The van der Waals surface area contributed by atoms with Crippen LogP contribution in [0.25, 0.3) is 22.2 Å². The smallest absolute Gasteiger partial charge is 0.416 e. The van der Waals surface area contributed by atoms with Gasteiger partial charge in [-0.25, -0.2) is 4.79 Å². The molecule has 0 saturated carbocycles. The molecule has 0 amide bonds. The number of ether oxygens (including phenoxy) is 3. The minimum atomic E-state index is -4.43. The maximum Gasteiger partial charge on any atom is 0.416 e. The zero-order valence-corrected chi connectivity index (χ0v) is 23.3. The average molecular weight is 574 g/mol. The van der Waals surface area contributed by atoms with Crippen LogP contribution in [0.4, 0.5) is 13.2 Å². The van der Waals surface area contributed by atoms with Gasteiger partial charge in [0.1, 0.15) is 18.1 Å². The largest absolute Gasteiger partial charge is 0.489 e. The van der Waals surface area contributed by atoms with E-state index in [4.69, 9.17) is 14.2 Å². The number of alkyl halides is 3. The quantitative estimate of drug-likeness (QED) is 0.158. The highest BCUT2D eigenvalue weighted by molar-refractivity contribution is 5.92. The molecule has 8 heteroatoms. The third-order valence-electron chi connectivity index (χ3n) is 6.97. The third-order valence-corrected chi connectivity index (χ3v) is 6.97. The van der Waals surface area contributed by atoms with Crippen molar-refractivity contribution in [2.75, 3.05) is 13.2 Å². The van der Waals surface area contributed by atoms with Gasteiger partial charge in [0.25, 0.3) is 0 Å². The van der Waals surface area contributed by atoms with E-state index in [1.807, 2.05) is 73.7 Å². The standard InChI is InChI=1S/C34H30F3NO4/c1-3-40-32(39)22-42-31-12-8-7-11-26(31)20-38-30-18-17-28(41-21-24-9-5-4-6-10-24)19-29(30)23(2)33(38)25-13-15-27(16-14-25)34(35,36)37/h4-19H,3,20-22H2,1-2H3. The van der Waals surface area contributed by atoms with Crippen LogP contribution < -0.4 is 9.47 Å². The minimum Gasteiger partial charge on any atom is -0.489 e. The number of aromatic nitrogens is 1. The second-order valence-electron chi connectivity index (χ2n) is 9.79. The van der Waals surface area contributed by atoms with Gasteiger partial charge in [0, 0.05) is 16.5 Å². The van der Waals surface area contributed by atoms with E-state index in [-0.39, 0.29) is 13.2 Å². The molecule has 0 aliphatic rings. The lowest BCUT2D eigenvalue weighted by Gasteiger charge is -2.16. The summed E-state index contributed by atoms with van der Waals surface area (Å²) < 4.78 is 58.9. The van der Waals surface area contributed by atoms with Crippen molar-refractivity contribution in [3.05, 3.63) is 119 Å². The number of hydrogen-bond donors (Lipinski definition) is 0. The molecule has 5 aromatic rings. The van der Waals surface area contributed by atoms with Gasteiger partial charge in [-0.05, 0) is 66.9 Å². The molecule has 1 heterocycles. The SMILES string of the molecule is CCOC(=O)COc1ccccc1Cn1c(-c2ccc(C(F)(F)F)cc2)c(C)c2cc(OCc3ccccc3)ccc21. The Morgan fingerprint density at radius 2 is 1.57 bits per heavy atom. The number of esters is 1. The van der Waals surface area contributed by atoms with Crippen molar-refractivity contribution in [1.82, 2.24) is 4.57 Å². The first-order valence-electron chi connectivity index (χ1n) is 13.6. The Morgan fingerprint density at radius 3 is 2.29 bits per heavy atom. The van der Waals surface area contributed by atoms with Crippen LogP contribution in [0.5, 0.6) is 11.5 Å². The Hall–Kier alpha value is -4.72. The summed E-state index contributed by atoms with van der Waals surface area (Å²) in [5, 5.41) is 0.917. The number of halogens is 3. The van der Waals surface area contributed by atoms with Crippen molar-refractivity contribution in [1.29, 1.82) is 0 Å². The van der Waals surface area contributed by atoms with Gasteiger partial charge in [0.05, 0.1) is 24.4 Å². The number of hydrogen-bond acceptors (Lipinski definition) is 4. The predicted octanol–water partition coefficient (Wildman–Crippen LogP) is 8.20. The molecule has 42 heavy (non-hydrogen) atoms. The molecule has 4 aromatic carbocycles. The maximum atomic E-state index is 13.3. The van der Waals surface area contributed by atoms with Crippen LogP contribution >= 0.6 is 0 Å². The summed E-state index contributed by atoms with van der Waals surface area (Å²) in [4.78, 5) is 11.9. The first-order chi connectivity index (χ1) is 20.2. The molecule has 0 N–H and O–H groups in total. The third kappa shape index (κ3) is 6.43. The maximum absolute atomic E-state index is 13.3. The topological polar surface area (TPSA) is 49.7 Å². The zero-order valence-electron chi connectivity index (χ0n) is 23.3. The predicted molar refractivity (Wildman–Crippen MR) is 156 cm³/mol. The van der Waals surface area contributed by atoms with Gasteiger partial charge in [-0.2, -0.15) is 13.2 Å². The van der Waals surface area contributed by atoms with E-state index in [0.717, 1.165) is 45.4 Å². The van der Waals surface area contributed by atoms with Crippen LogP contribution in [-0.2, 0) is 28.9 Å². The Kier molecular flexibility index (Phi) is 8.52. The van der Waals surface area contributed by atoms with Crippen molar-refractivity contribution in [3.63, 3.8) is 0 Å². The van der Waals surface area contributed by atoms with Gasteiger partial charge in [-0.3, -0.25) is 0 Å². The lowest BCUT2D eigenvalue weighted by molar-refractivity contribution is -0.145. The number of benzene rings is 4. The molecule has 0 spiro atoms. The summed E-state index contributed by atoms with van der Waals surface area (Å²) in [5.41, 5.74) is 4.34. The van der Waals surface area contributed by atoms with Crippen LogP contribution in [0.3, 0.4) is 0 Å². The highest BCUT2D eigenvalue weighted by atomic mass is 19.4. The van der Waals surface area contributed by atoms with Crippen molar-refractivity contribution in [2.24, 2.45) is 0 Å². The fourth-order valence-corrected chi connectivity index (χ4v) is 4.97. The molecule has 0 radical (unpaired) electrons. The Morgan fingerprint density at radius 1 is 0.857 bits per heavy atom. The van der Waals surface area contributed by atoms with Crippen molar-refractivity contribution < 1.29 is 32.2 Å². The van der Waals surface area contributed by atoms with Crippen LogP contribution in [0.15, 0.2) is 97.1 Å². The average Bonchev–Trinajstić information content (AvgIpc) is 3.26. The molecule has 1 aromatic heterocycles. The molecule has 5 rings (SSSR count). The van der Waals surface area contributed by atoms with Crippen LogP contribution in [0.1, 0.15) is 29.2 Å². The number of nitrogens with zero attached hydrogens (tertiary/aromatic N) is 1. The molecule has 0 bridgehead atoms. The van der Waals surface area contributed by atoms with Gasteiger partial charge in [-0.15, -0.1) is 0 Å². The Labute approximate surface area is 242 Å². The molecule has 5 nitrogen and oxygen atoms in total. The first-order valence-corrected chi connectivity index (χ1v) is 13.6. The molecule has 0 aliphatic heterocycles. The van der Waals surface area contributed by atoms with Crippen molar-refractivity contribution in [2.45, 2.75) is 33.2 Å². The summed E-state index contributed by atoms with van der Waals surface area (Å²) >= 11 is 0. The van der Waals surface area contributed by atoms with Gasteiger partial charge in [0.2, 0.25) is 0 Å². The summed E-state index contributed by atoms with van der Waals surface area (Å²) in [6.07, 6.45) is -4.43. The van der Waals surface area contributed by atoms with E-state index >= 15 is 0 Å². The molecule has 0 unspecified atom stereocenters. The zero-order chi connectivity index (χ0) is 29.7. The monoisotopic (exact) mass is 573 g/mol. The highest BCUT2D eigenvalue weighted by Crippen LogP contribution is 2.38. The van der Waals surface area contributed by atoms with E-state index in [1.165, 1.54) is 12.1 Å². The lowest BCUT2D eigenvalue weighted by atomic mass is 10.0. The van der Waals surface area contributed by atoms with Gasteiger partial charge < -0.3 is 18.8 Å². The summed E-state index contributed by atoms with van der Waals surface area (Å²) in [6.45, 7) is 4.46. The van der Waals surface area contributed by atoms with E-state index in [0.29, 0.717) is 30.2 Å². The fraction of sp³-hybridized carbons (Fsp3) is 0.206. The van der Waals surface area contributed by atoms with Gasteiger partial charge in [0.15, 0.2) is 6.61 Å². The van der Waals surface area contributed by atoms with Crippen LogP contribution in [0.2, 0.25) is 0 Å². The normalized spacial score (nSPS) is 11.5. The summed E-state index contributed by atoms with van der Waals surface area (Å²) in [6, 6.07) is 28.2. The number of para-hydroxylation sites is 1. The van der Waals surface area contributed by atoms with Crippen LogP contribution in [-0.4, -0.2) is 23.8 Å². The molecule has 0 saturated heterocycles. The van der Waals surface area contributed by atoms with Crippen LogP contribution in [0, 0.1) is 6.92 Å². The molecule has 0 aliphatic carbocycles. The minimum absolute atomic E-state index is 0.232. The summed E-state index contributed by atoms with van der Waals surface area (Å²) in [5.74, 6) is 0.734. The van der Waals surface area contributed by atoms with Gasteiger partial charge in [-0.1, -0.05) is 60.7 Å². The molecule has 216 valence electrons. The fourth-order valence-electron chi connectivity index (χ4n) is 4.97. The Balaban J connectivity index is 1.55. The van der Waals surface area contributed by atoms with E-state index in [1.54, 1.807) is 13.0 Å². The Bertz CT molecular complexity index is 1680. The molecule has 0 atom stereocenters. The molecular formula is C34H30F3NO4. The number of aryl methyl sites for hydroxylation is 1. The van der Waals surface area contributed by atoms with E-state index in [9.17, 15) is 18.0 Å².